The molecule has 0 fully saturated rings. The zero-order chi connectivity index (χ0) is 21.8. The van der Waals surface area contributed by atoms with Crippen LogP contribution in [0.15, 0.2) is 28.9 Å². The average Bonchev–Trinajstić information content (AvgIpc) is 3.32. The quantitative estimate of drug-likeness (QED) is 0.348. The number of rotatable bonds is 9. The maximum atomic E-state index is 11.3. The van der Waals surface area contributed by atoms with Gasteiger partial charge in [0.15, 0.2) is 11.2 Å². The van der Waals surface area contributed by atoms with Crippen LogP contribution in [0.3, 0.4) is 0 Å². The Hall–Kier alpha value is -3.69. The molecular formula is C21H26N8O2. The summed E-state index contributed by atoms with van der Waals surface area (Å²) >= 11 is 0. The molecule has 5 N–H and O–H groups in total. The van der Waals surface area contributed by atoms with E-state index in [1.807, 2.05) is 22.9 Å². The van der Waals surface area contributed by atoms with Gasteiger partial charge in [-0.25, -0.2) is 14.6 Å². The summed E-state index contributed by atoms with van der Waals surface area (Å²) in [5.41, 5.74) is 15.4. The number of unbranched alkanes of at least 4 members (excludes halogenated alkanes) is 4. The van der Waals surface area contributed by atoms with E-state index in [1.165, 1.54) is 6.33 Å². The van der Waals surface area contributed by atoms with Crippen molar-refractivity contribution in [3.8, 4) is 11.3 Å². The van der Waals surface area contributed by atoms with Gasteiger partial charge < -0.3 is 21.2 Å². The van der Waals surface area contributed by atoms with Crippen molar-refractivity contribution in [2.24, 2.45) is 0 Å². The van der Waals surface area contributed by atoms with Gasteiger partial charge in [0.05, 0.1) is 5.39 Å². The Morgan fingerprint density at radius 3 is 2.77 bits per heavy atom. The van der Waals surface area contributed by atoms with Gasteiger partial charge in [-0.1, -0.05) is 19.3 Å². The minimum Gasteiger partial charge on any atom is -0.424 e. The molecule has 0 aliphatic heterocycles. The number of aryl methyl sites for hydroxylation is 1. The predicted octanol–water partition coefficient (Wildman–Crippen LogP) is 2.89. The first-order chi connectivity index (χ1) is 15.1. The number of carbonyl (C=O) groups is 1. The van der Waals surface area contributed by atoms with Gasteiger partial charge >= 0.3 is 0 Å². The third-order valence-corrected chi connectivity index (χ3v) is 5.29. The van der Waals surface area contributed by atoms with Gasteiger partial charge in [-0.05, 0) is 31.0 Å². The number of benzene rings is 1. The van der Waals surface area contributed by atoms with E-state index in [0.717, 1.165) is 49.6 Å². The summed E-state index contributed by atoms with van der Waals surface area (Å²) in [4.78, 5) is 24.0. The summed E-state index contributed by atoms with van der Waals surface area (Å²) in [6, 6.07) is 5.72. The van der Waals surface area contributed by atoms with Crippen LogP contribution in [0.1, 0.15) is 38.5 Å². The predicted molar refractivity (Wildman–Crippen MR) is 119 cm³/mol. The van der Waals surface area contributed by atoms with Gasteiger partial charge in [-0.2, -0.15) is 10.1 Å². The molecule has 4 aromatic rings. The van der Waals surface area contributed by atoms with Gasteiger partial charge in [0.2, 0.25) is 5.91 Å². The van der Waals surface area contributed by atoms with Gasteiger partial charge in [0.1, 0.15) is 23.4 Å². The first-order valence-corrected chi connectivity index (χ1v) is 10.4. The molecule has 1 aromatic carbocycles. The highest BCUT2D eigenvalue weighted by molar-refractivity contribution is 5.99. The van der Waals surface area contributed by atoms with Gasteiger partial charge in [-0.3, -0.25) is 4.79 Å². The highest BCUT2D eigenvalue weighted by Crippen LogP contribution is 2.32. The van der Waals surface area contributed by atoms with Crippen molar-refractivity contribution in [1.29, 1.82) is 0 Å². The Morgan fingerprint density at radius 2 is 1.94 bits per heavy atom. The fraction of sp³-hybridized carbons (Fsp3) is 0.381. The Kier molecular flexibility index (Phi) is 5.96. The maximum absolute atomic E-state index is 11.3. The van der Waals surface area contributed by atoms with Crippen LogP contribution in [-0.2, 0) is 11.3 Å². The number of nitrogens with two attached hydrogens (primary N) is 2. The lowest BCUT2D eigenvalue weighted by atomic mass is 10.1. The van der Waals surface area contributed by atoms with E-state index in [0.29, 0.717) is 34.7 Å². The van der Waals surface area contributed by atoms with Crippen molar-refractivity contribution in [1.82, 2.24) is 30.0 Å². The summed E-state index contributed by atoms with van der Waals surface area (Å²) in [5, 5.41) is 8.17. The van der Waals surface area contributed by atoms with E-state index in [1.54, 1.807) is 7.05 Å². The van der Waals surface area contributed by atoms with E-state index >= 15 is 0 Å². The lowest BCUT2D eigenvalue weighted by Gasteiger charge is -2.04. The fourth-order valence-corrected chi connectivity index (χ4v) is 3.68. The van der Waals surface area contributed by atoms with E-state index < -0.39 is 0 Å². The largest absolute Gasteiger partial charge is 0.424 e. The number of nitrogens with zero attached hydrogens (tertiary/aromatic N) is 5. The number of nitrogens with one attached hydrogen (secondary N) is 1. The van der Waals surface area contributed by atoms with Crippen molar-refractivity contribution >= 4 is 39.9 Å². The normalized spacial score (nSPS) is 11.4. The molecule has 31 heavy (non-hydrogen) atoms. The molecule has 0 spiro atoms. The Balaban J connectivity index is 1.50. The Labute approximate surface area is 179 Å². The van der Waals surface area contributed by atoms with E-state index in [2.05, 4.69) is 20.3 Å². The van der Waals surface area contributed by atoms with E-state index in [9.17, 15) is 4.79 Å². The van der Waals surface area contributed by atoms with Crippen molar-refractivity contribution in [2.75, 3.05) is 18.5 Å². The minimum absolute atomic E-state index is 0.0966. The highest BCUT2D eigenvalue weighted by atomic mass is 16.4. The van der Waals surface area contributed by atoms with Crippen LogP contribution >= 0.6 is 0 Å². The summed E-state index contributed by atoms with van der Waals surface area (Å²) in [7, 11) is 1.67. The minimum atomic E-state index is 0.0966. The molecular weight excluding hydrogens is 396 g/mol. The number of amides is 1. The van der Waals surface area contributed by atoms with Crippen LogP contribution in [0.4, 0.5) is 11.8 Å². The van der Waals surface area contributed by atoms with Gasteiger partial charge in [-0.15, -0.1) is 0 Å². The third-order valence-electron chi connectivity index (χ3n) is 5.29. The topological polar surface area (TPSA) is 151 Å². The van der Waals surface area contributed by atoms with Crippen molar-refractivity contribution < 1.29 is 9.21 Å². The van der Waals surface area contributed by atoms with Gasteiger partial charge in [0, 0.05) is 25.6 Å². The molecule has 162 valence electrons. The number of fused-ring (bicyclic) bond motifs is 2. The molecule has 1 amide bonds. The molecule has 0 radical (unpaired) electrons. The smallest absolute Gasteiger partial charge is 0.292 e. The second-order valence-corrected chi connectivity index (χ2v) is 7.45. The first-order valence-electron chi connectivity index (χ1n) is 10.4. The van der Waals surface area contributed by atoms with Crippen LogP contribution in [-0.4, -0.2) is 37.7 Å². The highest BCUT2D eigenvalue weighted by Gasteiger charge is 2.18. The molecule has 0 saturated carbocycles. The molecule has 0 aliphatic carbocycles. The monoisotopic (exact) mass is 422 g/mol. The molecule has 10 heteroatoms. The van der Waals surface area contributed by atoms with Crippen molar-refractivity contribution in [3.63, 3.8) is 0 Å². The summed E-state index contributed by atoms with van der Waals surface area (Å²) in [5.74, 6) is 0.486. The number of oxazole rings is 1. The van der Waals surface area contributed by atoms with E-state index in [4.69, 9.17) is 21.0 Å². The number of nitrogen functional groups attached to an aromatic ring is 2. The molecule has 3 heterocycles. The second-order valence-electron chi connectivity index (χ2n) is 7.45. The van der Waals surface area contributed by atoms with E-state index in [-0.39, 0.29) is 11.9 Å². The van der Waals surface area contributed by atoms with Crippen molar-refractivity contribution in [3.05, 3.63) is 24.5 Å². The first kappa shape index (κ1) is 20.6. The maximum Gasteiger partial charge on any atom is 0.292 e. The molecule has 0 aliphatic rings. The molecule has 0 atom stereocenters. The fourth-order valence-electron chi connectivity index (χ4n) is 3.68. The van der Waals surface area contributed by atoms with Crippen LogP contribution < -0.4 is 16.8 Å². The number of carbonyl (C=O) groups excluding carboxylic acids is 1. The Bertz CT molecular complexity index is 1210. The van der Waals surface area contributed by atoms with Crippen LogP contribution in [0.5, 0.6) is 0 Å². The van der Waals surface area contributed by atoms with Crippen LogP contribution in [0, 0.1) is 0 Å². The standard InChI is InChI=1S/C21H26N8O2/c1-24-16(30)7-5-3-2-4-6-10-29-20-17(19(22)25-12-26-20)18(28-29)13-8-9-15-14(11-13)27-21(23)31-15/h8-9,11-12H,2-7,10H2,1H3,(H2,23,27)(H,24,30)(H2,22,25,26). The number of hydrogen-bond donors (Lipinski definition) is 3. The number of aromatic nitrogens is 5. The third kappa shape index (κ3) is 4.42. The number of hydrogen-bond acceptors (Lipinski definition) is 8. The lowest BCUT2D eigenvalue weighted by molar-refractivity contribution is -0.120. The number of anilines is 2. The summed E-state index contributed by atoms with van der Waals surface area (Å²) in [6.45, 7) is 0.724. The summed E-state index contributed by atoms with van der Waals surface area (Å²) < 4.78 is 7.24. The molecule has 4 rings (SSSR count). The van der Waals surface area contributed by atoms with Crippen molar-refractivity contribution in [2.45, 2.75) is 45.1 Å². The molecule has 0 bridgehead atoms. The lowest BCUT2D eigenvalue weighted by Crippen LogP contribution is -2.16. The second kappa shape index (κ2) is 8.99. The van der Waals surface area contributed by atoms with Crippen LogP contribution in [0.25, 0.3) is 33.4 Å². The summed E-state index contributed by atoms with van der Waals surface area (Å²) in [6.07, 6.45) is 7.07. The molecule has 10 nitrogen and oxygen atoms in total. The molecule has 3 aromatic heterocycles. The molecule has 0 saturated heterocycles. The van der Waals surface area contributed by atoms with Crippen LogP contribution in [0.2, 0.25) is 0 Å². The zero-order valence-corrected chi connectivity index (χ0v) is 17.5. The Morgan fingerprint density at radius 1 is 1.13 bits per heavy atom. The zero-order valence-electron chi connectivity index (χ0n) is 17.5. The SMILES string of the molecule is CNC(=O)CCCCCCCn1nc(-c2ccc3oc(N)nc3c2)c2c(N)ncnc21. The molecule has 0 unspecified atom stereocenters. The average molecular weight is 422 g/mol. The van der Waals surface area contributed by atoms with Gasteiger partial charge in [0.25, 0.3) is 6.01 Å².